The summed E-state index contributed by atoms with van der Waals surface area (Å²) in [6.07, 6.45) is 3.96. The van der Waals surface area contributed by atoms with Crippen molar-refractivity contribution in [2.75, 3.05) is 0 Å². The Bertz CT molecular complexity index is 436. The summed E-state index contributed by atoms with van der Waals surface area (Å²) < 4.78 is 11.3. The van der Waals surface area contributed by atoms with E-state index in [1.54, 1.807) is 0 Å². The third-order valence-electron chi connectivity index (χ3n) is 4.42. The van der Waals surface area contributed by atoms with Gasteiger partial charge in [-0.05, 0) is 51.9 Å². The predicted octanol–water partition coefficient (Wildman–Crippen LogP) is 3.90. The van der Waals surface area contributed by atoms with Crippen molar-refractivity contribution in [1.82, 2.24) is 10.5 Å². The van der Waals surface area contributed by atoms with Crippen LogP contribution in [-0.4, -0.2) is 16.8 Å². The zero-order valence-corrected chi connectivity index (χ0v) is 14.1. The van der Waals surface area contributed by atoms with E-state index in [2.05, 4.69) is 45.1 Å². The number of aromatic nitrogens is 1. The first-order valence-corrected chi connectivity index (χ1v) is 8.14. The second kappa shape index (κ2) is 6.93. The molecule has 0 bridgehead atoms. The smallest absolute Gasteiger partial charge is 0.162 e. The Kier molecular flexibility index (Phi) is 5.44. The highest BCUT2D eigenvalue weighted by atomic mass is 16.5. The van der Waals surface area contributed by atoms with Gasteiger partial charge in [0, 0.05) is 18.2 Å². The van der Waals surface area contributed by atoms with Crippen LogP contribution in [0.2, 0.25) is 0 Å². The fraction of sp³-hybridized carbons (Fsp3) is 0.824. The van der Waals surface area contributed by atoms with E-state index >= 15 is 0 Å². The normalized spacial score (nSPS) is 27.0. The summed E-state index contributed by atoms with van der Waals surface area (Å²) in [5.41, 5.74) is 1.03. The van der Waals surface area contributed by atoms with Crippen molar-refractivity contribution >= 4 is 0 Å². The van der Waals surface area contributed by atoms with Gasteiger partial charge < -0.3 is 14.6 Å². The number of hydrogen-bond acceptors (Lipinski definition) is 4. The SMILES string of the molecule is CC1CCC(OCc2cc(CNC(C)(C)C)no2)CC1C. The average Bonchev–Trinajstić information content (AvgIpc) is 2.85. The minimum atomic E-state index is 0.0878. The van der Waals surface area contributed by atoms with E-state index in [0.29, 0.717) is 12.7 Å². The fourth-order valence-electron chi connectivity index (χ4n) is 2.71. The molecule has 0 aromatic carbocycles. The van der Waals surface area contributed by atoms with Crippen LogP contribution in [-0.2, 0) is 17.9 Å². The van der Waals surface area contributed by atoms with Gasteiger partial charge in [-0.3, -0.25) is 0 Å². The van der Waals surface area contributed by atoms with Crippen LogP contribution in [0.3, 0.4) is 0 Å². The molecule has 3 unspecified atom stereocenters. The molecule has 0 aliphatic heterocycles. The second-order valence-corrected chi connectivity index (χ2v) is 7.59. The molecule has 0 spiro atoms. The summed E-state index contributed by atoms with van der Waals surface area (Å²) >= 11 is 0. The van der Waals surface area contributed by atoms with Crippen LogP contribution in [0.15, 0.2) is 10.6 Å². The maximum Gasteiger partial charge on any atom is 0.162 e. The number of hydrogen-bond donors (Lipinski definition) is 1. The molecule has 2 rings (SSSR count). The Labute approximate surface area is 128 Å². The van der Waals surface area contributed by atoms with Crippen LogP contribution in [0.5, 0.6) is 0 Å². The standard InChI is InChI=1S/C17H30N2O2/c1-12-6-7-15(8-13(12)2)20-11-16-9-14(19-21-16)10-18-17(3,4)5/h9,12-13,15,18H,6-8,10-11H2,1-5H3. The van der Waals surface area contributed by atoms with E-state index in [4.69, 9.17) is 9.26 Å². The Balaban J connectivity index is 1.75. The molecule has 4 nitrogen and oxygen atoms in total. The first kappa shape index (κ1) is 16.5. The molecule has 1 aromatic rings. The van der Waals surface area contributed by atoms with E-state index in [1.807, 2.05) is 6.07 Å². The lowest BCUT2D eigenvalue weighted by atomic mass is 9.80. The molecule has 1 aliphatic rings. The minimum absolute atomic E-state index is 0.0878. The molecule has 1 N–H and O–H groups in total. The van der Waals surface area contributed by atoms with E-state index in [-0.39, 0.29) is 5.54 Å². The van der Waals surface area contributed by atoms with Gasteiger partial charge in [-0.1, -0.05) is 19.0 Å². The third-order valence-corrected chi connectivity index (χ3v) is 4.42. The van der Waals surface area contributed by atoms with Crippen LogP contribution in [0.4, 0.5) is 0 Å². The third kappa shape index (κ3) is 5.44. The lowest BCUT2D eigenvalue weighted by Crippen LogP contribution is -2.35. The van der Waals surface area contributed by atoms with Gasteiger partial charge >= 0.3 is 0 Å². The Morgan fingerprint density at radius 3 is 2.71 bits per heavy atom. The molecule has 0 radical (unpaired) electrons. The van der Waals surface area contributed by atoms with Crippen LogP contribution < -0.4 is 5.32 Å². The second-order valence-electron chi connectivity index (χ2n) is 7.59. The minimum Gasteiger partial charge on any atom is -0.370 e. The molecule has 120 valence electrons. The quantitative estimate of drug-likeness (QED) is 0.894. The fourth-order valence-corrected chi connectivity index (χ4v) is 2.71. The lowest BCUT2D eigenvalue weighted by molar-refractivity contribution is -0.0155. The maximum absolute atomic E-state index is 5.99. The summed E-state index contributed by atoms with van der Waals surface area (Å²) in [5.74, 6) is 2.40. The highest BCUT2D eigenvalue weighted by Gasteiger charge is 2.25. The first-order valence-electron chi connectivity index (χ1n) is 8.14. The van der Waals surface area contributed by atoms with Gasteiger partial charge in [0.2, 0.25) is 0 Å². The molecule has 1 aromatic heterocycles. The van der Waals surface area contributed by atoms with Crippen molar-refractivity contribution in [1.29, 1.82) is 0 Å². The van der Waals surface area contributed by atoms with Gasteiger partial charge in [-0.15, -0.1) is 0 Å². The number of nitrogens with one attached hydrogen (secondary N) is 1. The monoisotopic (exact) mass is 294 g/mol. The Hall–Kier alpha value is -0.870. The van der Waals surface area contributed by atoms with Gasteiger partial charge in [0.1, 0.15) is 6.61 Å². The molecule has 1 heterocycles. The van der Waals surface area contributed by atoms with Gasteiger partial charge in [0.25, 0.3) is 0 Å². The molecule has 0 saturated heterocycles. The van der Waals surface area contributed by atoms with Crippen LogP contribution in [0.25, 0.3) is 0 Å². The highest BCUT2D eigenvalue weighted by Crippen LogP contribution is 2.31. The van der Waals surface area contributed by atoms with Crippen molar-refractivity contribution in [3.05, 3.63) is 17.5 Å². The summed E-state index contributed by atoms with van der Waals surface area (Å²) in [4.78, 5) is 0. The van der Waals surface area contributed by atoms with Crippen molar-refractivity contribution in [2.24, 2.45) is 11.8 Å². The molecule has 1 saturated carbocycles. The summed E-state index contributed by atoms with van der Waals surface area (Å²) in [6, 6.07) is 1.99. The number of ether oxygens (including phenoxy) is 1. The van der Waals surface area contributed by atoms with Gasteiger partial charge in [-0.2, -0.15) is 0 Å². The average molecular weight is 294 g/mol. The van der Waals surface area contributed by atoms with E-state index in [0.717, 1.165) is 42.7 Å². The van der Waals surface area contributed by atoms with Crippen molar-refractivity contribution < 1.29 is 9.26 Å². The number of nitrogens with zero attached hydrogens (tertiary/aromatic N) is 1. The molecule has 4 heteroatoms. The largest absolute Gasteiger partial charge is 0.370 e. The zero-order chi connectivity index (χ0) is 15.5. The zero-order valence-electron chi connectivity index (χ0n) is 14.1. The molecule has 1 aliphatic carbocycles. The van der Waals surface area contributed by atoms with E-state index < -0.39 is 0 Å². The Morgan fingerprint density at radius 2 is 2.05 bits per heavy atom. The van der Waals surface area contributed by atoms with E-state index in [9.17, 15) is 0 Å². The van der Waals surface area contributed by atoms with Crippen LogP contribution >= 0.6 is 0 Å². The van der Waals surface area contributed by atoms with Gasteiger partial charge in [0.05, 0.1) is 11.8 Å². The highest BCUT2D eigenvalue weighted by molar-refractivity contribution is 5.04. The topological polar surface area (TPSA) is 47.3 Å². The Morgan fingerprint density at radius 1 is 1.29 bits per heavy atom. The van der Waals surface area contributed by atoms with Crippen molar-refractivity contribution in [3.8, 4) is 0 Å². The molecule has 1 fully saturated rings. The van der Waals surface area contributed by atoms with Gasteiger partial charge in [0.15, 0.2) is 5.76 Å². The number of rotatable bonds is 5. The maximum atomic E-state index is 5.99. The first-order chi connectivity index (χ1) is 9.83. The molecular weight excluding hydrogens is 264 g/mol. The van der Waals surface area contributed by atoms with Crippen molar-refractivity contribution in [2.45, 2.75) is 78.7 Å². The van der Waals surface area contributed by atoms with E-state index in [1.165, 1.54) is 6.42 Å². The summed E-state index contributed by atoms with van der Waals surface area (Å²) in [5, 5.41) is 7.50. The van der Waals surface area contributed by atoms with Crippen LogP contribution in [0.1, 0.15) is 65.3 Å². The molecular formula is C17H30N2O2. The van der Waals surface area contributed by atoms with Crippen LogP contribution in [0, 0.1) is 11.8 Å². The van der Waals surface area contributed by atoms with Crippen molar-refractivity contribution in [3.63, 3.8) is 0 Å². The lowest BCUT2D eigenvalue weighted by Gasteiger charge is -2.31. The predicted molar refractivity (Wildman–Crippen MR) is 83.9 cm³/mol. The molecule has 21 heavy (non-hydrogen) atoms. The molecule has 3 atom stereocenters. The van der Waals surface area contributed by atoms with Gasteiger partial charge in [-0.25, -0.2) is 0 Å². The summed E-state index contributed by atoms with van der Waals surface area (Å²) in [7, 11) is 0. The molecule has 0 amide bonds. The summed E-state index contributed by atoms with van der Waals surface area (Å²) in [6.45, 7) is 12.4.